The summed E-state index contributed by atoms with van der Waals surface area (Å²) in [6.45, 7) is 5.82. The van der Waals surface area contributed by atoms with Crippen molar-refractivity contribution >= 4 is 27.3 Å². The molecule has 60 heavy (non-hydrogen) atoms. The van der Waals surface area contributed by atoms with Crippen LogP contribution in [0.4, 0.5) is 0 Å². The van der Waals surface area contributed by atoms with E-state index in [0.29, 0.717) is 6.42 Å². The van der Waals surface area contributed by atoms with Crippen molar-refractivity contribution in [1.82, 2.24) is 9.97 Å². The van der Waals surface area contributed by atoms with Crippen molar-refractivity contribution in [2.75, 3.05) is 0 Å². The molecule has 2 heterocycles. The molecule has 8 aromatic rings. The fourth-order valence-corrected chi connectivity index (χ4v) is 8.57. The van der Waals surface area contributed by atoms with Crippen LogP contribution in [0.3, 0.4) is 0 Å². The number of carbonyl (C=O) groups is 1. The number of aliphatic hydroxyl groups excluding tert-OH is 1. The van der Waals surface area contributed by atoms with Crippen LogP contribution in [0.25, 0.3) is 44.1 Å². The summed E-state index contributed by atoms with van der Waals surface area (Å²) in [7, 11) is 0. The maximum atomic E-state index is 11.2. The quantitative estimate of drug-likeness (QED) is 0.0831. The fourth-order valence-electron chi connectivity index (χ4n) is 8.57. The van der Waals surface area contributed by atoms with E-state index in [0.717, 1.165) is 61.9 Å². The lowest BCUT2D eigenvalue weighted by atomic mass is 9.93. The zero-order valence-electron chi connectivity index (χ0n) is 34.9. The van der Waals surface area contributed by atoms with E-state index in [1.807, 2.05) is 12.4 Å². The van der Waals surface area contributed by atoms with Gasteiger partial charge in [-0.2, -0.15) is 0 Å². The van der Waals surface area contributed by atoms with E-state index in [1.165, 1.54) is 90.2 Å². The number of aryl methyl sites for hydroxylation is 7. The number of hydrogen-bond acceptors (Lipinski definition) is 4. The first-order chi connectivity index (χ1) is 29.2. The Morgan fingerprint density at radius 1 is 0.533 bits per heavy atom. The number of ketones is 1. The van der Waals surface area contributed by atoms with Gasteiger partial charge in [0, 0.05) is 46.8 Å². The van der Waals surface area contributed by atoms with E-state index < -0.39 is 0 Å². The zero-order chi connectivity index (χ0) is 41.4. The average Bonchev–Trinajstić information content (AvgIpc) is 3.25. The van der Waals surface area contributed by atoms with Gasteiger partial charge in [0.05, 0.1) is 17.1 Å². The molecule has 0 aliphatic carbocycles. The number of allylic oxidation sites excluding steroid dienone is 2. The van der Waals surface area contributed by atoms with Crippen LogP contribution in [0.5, 0.6) is 0 Å². The molecule has 0 saturated carbocycles. The summed E-state index contributed by atoms with van der Waals surface area (Å²) in [6, 6.07) is 51.0. The van der Waals surface area contributed by atoms with Gasteiger partial charge in [0.25, 0.3) is 0 Å². The Labute approximate surface area is 354 Å². The molecule has 0 fully saturated rings. The summed E-state index contributed by atoms with van der Waals surface area (Å²) >= 11 is 0. The smallest absolute Gasteiger partial charge is 0.155 e. The Morgan fingerprint density at radius 2 is 1.07 bits per heavy atom. The molecule has 0 saturated heterocycles. The topological polar surface area (TPSA) is 63.1 Å². The van der Waals surface area contributed by atoms with Gasteiger partial charge in [-0.1, -0.05) is 114 Å². The molecule has 4 heteroatoms. The van der Waals surface area contributed by atoms with Gasteiger partial charge in [0.2, 0.25) is 0 Å². The molecule has 0 unspecified atom stereocenters. The first-order valence-corrected chi connectivity index (χ1v) is 21.2. The number of fused-ring (bicyclic) bond motifs is 2. The number of pyridine rings is 2. The number of carbonyl (C=O) groups excluding carboxylic acids is 1. The van der Waals surface area contributed by atoms with Crippen molar-refractivity contribution in [1.29, 1.82) is 0 Å². The Kier molecular flexibility index (Phi) is 12.4. The molecule has 1 N–H and O–H groups in total. The molecule has 0 spiro atoms. The lowest BCUT2D eigenvalue weighted by Crippen LogP contribution is -1.97. The molecule has 0 amide bonds. The number of benzene rings is 6. The van der Waals surface area contributed by atoms with Crippen LogP contribution in [-0.4, -0.2) is 20.9 Å². The van der Waals surface area contributed by atoms with E-state index in [2.05, 4.69) is 153 Å². The van der Waals surface area contributed by atoms with Crippen molar-refractivity contribution in [2.24, 2.45) is 0 Å². The highest BCUT2D eigenvalue weighted by atomic mass is 16.3. The van der Waals surface area contributed by atoms with Crippen molar-refractivity contribution in [3.8, 4) is 22.5 Å². The van der Waals surface area contributed by atoms with Crippen molar-refractivity contribution in [2.45, 2.75) is 72.1 Å². The van der Waals surface area contributed by atoms with Gasteiger partial charge < -0.3 is 5.11 Å². The number of aromatic nitrogens is 2. The predicted octanol–water partition coefficient (Wildman–Crippen LogP) is 13.2. The van der Waals surface area contributed by atoms with Crippen molar-refractivity contribution in [3.63, 3.8) is 0 Å². The number of aliphatic hydroxyl groups is 1. The van der Waals surface area contributed by atoms with Gasteiger partial charge in [-0.15, -0.1) is 0 Å². The molecular formula is C56H52N2O2. The highest BCUT2D eigenvalue weighted by Gasteiger charge is 2.12. The van der Waals surface area contributed by atoms with Crippen molar-refractivity contribution < 1.29 is 9.90 Å². The third kappa shape index (κ3) is 9.96. The average molecular weight is 785 g/mol. The molecule has 0 aliphatic rings. The van der Waals surface area contributed by atoms with Crippen LogP contribution in [0.15, 0.2) is 164 Å². The summed E-state index contributed by atoms with van der Waals surface area (Å²) in [5.41, 5.74) is 16.1. The Hall–Kier alpha value is -6.65. The van der Waals surface area contributed by atoms with E-state index in [4.69, 9.17) is 9.97 Å². The fraction of sp³-hybridized carbons (Fsp3) is 0.196. The standard InChI is InChI=1S/C56H52N2O2/c1-38-30-45(36-49(32-38)55-53-12-5-4-9-47(53)26-28-57-55)24-20-42-14-16-43(17-15-42)21-25-46-31-39(2)33-50(37-46)56-54-13-7-10-48(52(54)27-29-58-56)35-44-22-18-41(19-23-44)8-6-11-51(60)34-40(3)59/h4-5,7,9-10,12-19,22-23,26-34,36-37,60H,6,8,11,20-21,24-25,35H2,1-3H3. The molecule has 6 aromatic carbocycles. The Bertz CT molecular complexity index is 2810. The lowest BCUT2D eigenvalue weighted by Gasteiger charge is -2.13. The van der Waals surface area contributed by atoms with Gasteiger partial charge in [-0.25, -0.2) is 0 Å². The maximum Gasteiger partial charge on any atom is 0.155 e. The largest absolute Gasteiger partial charge is 0.512 e. The lowest BCUT2D eigenvalue weighted by molar-refractivity contribution is -0.112. The maximum absolute atomic E-state index is 11.2. The van der Waals surface area contributed by atoms with Crippen LogP contribution >= 0.6 is 0 Å². The number of rotatable bonds is 15. The Balaban J connectivity index is 0.904. The van der Waals surface area contributed by atoms with Gasteiger partial charge >= 0.3 is 0 Å². The molecule has 0 atom stereocenters. The second-order valence-electron chi connectivity index (χ2n) is 16.4. The number of nitrogens with zero attached hydrogens (tertiary/aromatic N) is 2. The summed E-state index contributed by atoms with van der Waals surface area (Å²) < 4.78 is 0. The molecular weight excluding hydrogens is 733 g/mol. The summed E-state index contributed by atoms with van der Waals surface area (Å²) in [4.78, 5) is 20.9. The first-order valence-electron chi connectivity index (χ1n) is 21.2. The van der Waals surface area contributed by atoms with Crippen LogP contribution in [0.2, 0.25) is 0 Å². The van der Waals surface area contributed by atoms with Gasteiger partial charge in [-0.05, 0) is 152 Å². The summed E-state index contributed by atoms with van der Waals surface area (Å²) in [5.74, 6) is 0.0325. The van der Waals surface area contributed by atoms with E-state index in [9.17, 15) is 9.90 Å². The highest BCUT2D eigenvalue weighted by molar-refractivity contribution is 5.97. The van der Waals surface area contributed by atoms with Crippen LogP contribution in [0.1, 0.15) is 69.8 Å². The third-order valence-electron chi connectivity index (χ3n) is 11.5. The molecule has 4 nitrogen and oxygen atoms in total. The molecule has 0 aliphatic heterocycles. The minimum Gasteiger partial charge on any atom is -0.512 e. The minimum absolute atomic E-state index is 0.124. The molecule has 0 radical (unpaired) electrons. The van der Waals surface area contributed by atoms with E-state index in [1.54, 1.807) is 0 Å². The molecule has 8 rings (SSSR count). The summed E-state index contributed by atoms with van der Waals surface area (Å²) in [6.07, 6.45) is 12.1. The third-order valence-corrected chi connectivity index (χ3v) is 11.5. The second kappa shape index (κ2) is 18.5. The summed E-state index contributed by atoms with van der Waals surface area (Å²) in [5, 5.41) is 14.7. The monoisotopic (exact) mass is 784 g/mol. The van der Waals surface area contributed by atoms with Crippen molar-refractivity contribution in [3.05, 3.63) is 214 Å². The molecule has 298 valence electrons. The predicted molar refractivity (Wildman–Crippen MR) is 249 cm³/mol. The molecule has 0 bridgehead atoms. The van der Waals surface area contributed by atoms with Crippen LogP contribution in [0, 0.1) is 13.8 Å². The van der Waals surface area contributed by atoms with Gasteiger partial charge in [-0.3, -0.25) is 14.8 Å². The normalized spacial score (nSPS) is 11.7. The van der Waals surface area contributed by atoms with Gasteiger partial charge in [0.15, 0.2) is 5.78 Å². The van der Waals surface area contributed by atoms with E-state index >= 15 is 0 Å². The van der Waals surface area contributed by atoms with E-state index in [-0.39, 0.29) is 11.5 Å². The van der Waals surface area contributed by atoms with Crippen LogP contribution < -0.4 is 0 Å². The minimum atomic E-state index is -0.124. The van der Waals surface area contributed by atoms with Gasteiger partial charge in [0.1, 0.15) is 0 Å². The van der Waals surface area contributed by atoms with Crippen LogP contribution in [-0.2, 0) is 43.3 Å². The molecule has 2 aromatic heterocycles. The second-order valence-corrected chi connectivity index (χ2v) is 16.4. The highest BCUT2D eigenvalue weighted by Crippen LogP contribution is 2.32. The zero-order valence-corrected chi connectivity index (χ0v) is 34.9. The SMILES string of the molecule is CC(=O)C=C(O)CCCc1ccc(Cc2cccc3c(-c4cc(C)cc(CCc5ccc(CCc6cc(C)cc(-c7nccc8ccccc78)c6)cc5)c4)nccc23)cc1. The number of hydrogen-bond donors (Lipinski definition) is 1. The first kappa shape index (κ1) is 40.1. The Morgan fingerprint density at radius 3 is 1.70 bits per heavy atom.